The van der Waals surface area contributed by atoms with E-state index in [0.29, 0.717) is 17.8 Å². The average Bonchev–Trinajstić information content (AvgIpc) is 3.00. The van der Waals surface area contributed by atoms with E-state index in [-0.39, 0.29) is 30.5 Å². The van der Waals surface area contributed by atoms with Gasteiger partial charge in [0.1, 0.15) is 12.1 Å². The summed E-state index contributed by atoms with van der Waals surface area (Å²) in [5.74, 6) is -0.918. The number of hydrogen-bond donors (Lipinski definition) is 3. The molecule has 10 heteroatoms. The van der Waals surface area contributed by atoms with Gasteiger partial charge in [-0.15, -0.1) is 0 Å². The van der Waals surface area contributed by atoms with Crippen molar-refractivity contribution in [2.24, 2.45) is 0 Å². The van der Waals surface area contributed by atoms with Crippen LogP contribution in [-0.4, -0.2) is 50.9 Å². The van der Waals surface area contributed by atoms with Crippen molar-refractivity contribution in [2.75, 3.05) is 26.1 Å². The zero-order chi connectivity index (χ0) is 20.7. The van der Waals surface area contributed by atoms with E-state index in [4.69, 9.17) is 20.3 Å². The predicted octanol–water partition coefficient (Wildman–Crippen LogP) is 1.50. The standard InChI is InChI=1S/C16H17N5O5.C2H6/c1-25-6-7-26-15-19-12(17)11-13(20-15)21(16(24)18-11)8-9-2-4-10(5-3-9)14(22)23;1-2/h2-5H,6-8H2,1H3,(H,18,24)(H,22,23)(H2,17,19,20);1-2H3. The Morgan fingerprint density at radius 3 is 2.50 bits per heavy atom. The maximum atomic E-state index is 12.3. The van der Waals surface area contributed by atoms with Crippen molar-refractivity contribution in [3.63, 3.8) is 0 Å². The molecule has 0 amide bonds. The number of nitrogens with two attached hydrogens (primary N) is 1. The number of anilines is 1. The van der Waals surface area contributed by atoms with Crippen LogP contribution in [0.25, 0.3) is 11.2 Å². The van der Waals surface area contributed by atoms with Gasteiger partial charge in [-0.1, -0.05) is 26.0 Å². The molecule has 1 aromatic carbocycles. The summed E-state index contributed by atoms with van der Waals surface area (Å²) in [6.07, 6.45) is 0. The molecule has 3 rings (SSSR count). The van der Waals surface area contributed by atoms with Crippen LogP contribution in [0.4, 0.5) is 5.82 Å². The molecule has 150 valence electrons. The van der Waals surface area contributed by atoms with Gasteiger partial charge in [0.15, 0.2) is 11.5 Å². The number of carboxylic acids is 1. The van der Waals surface area contributed by atoms with Crippen LogP contribution in [0, 0.1) is 0 Å². The molecule has 0 saturated heterocycles. The summed E-state index contributed by atoms with van der Waals surface area (Å²) in [5.41, 5.74) is 6.99. The number of nitrogens with zero attached hydrogens (tertiary/aromatic N) is 3. The summed E-state index contributed by atoms with van der Waals surface area (Å²) in [4.78, 5) is 34.1. The Bertz CT molecular complexity index is 994. The van der Waals surface area contributed by atoms with E-state index < -0.39 is 11.7 Å². The zero-order valence-corrected chi connectivity index (χ0v) is 15.9. The van der Waals surface area contributed by atoms with Gasteiger partial charge in [-0.2, -0.15) is 9.97 Å². The van der Waals surface area contributed by atoms with Crippen LogP contribution in [0.1, 0.15) is 29.8 Å². The number of carbonyl (C=O) groups is 1. The molecule has 0 aliphatic heterocycles. The van der Waals surface area contributed by atoms with Gasteiger partial charge in [0, 0.05) is 7.11 Å². The van der Waals surface area contributed by atoms with Crippen molar-refractivity contribution in [1.82, 2.24) is 19.5 Å². The number of rotatable bonds is 7. The number of ether oxygens (including phenoxy) is 2. The van der Waals surface area contributed by atoms with Gasteiger partial charge in [0.2, 0.25) is 0 Å². The van der Waals surface area contributed by atoms with E-state index in [0.717, 1.165) is 5.56 Å². The third-order valence-corrected chi connectivity index (χ3v) is 3.69. The van der Waals surface area contributed by atoms with Gasteiger partial charge in [-0.3, -0.25) is 4.57 Å². The maximum Gasteiger partial charge on any atom is 0.335 e. The molecule has 28 heavy (non-hydrogen) atoms. The fourth-order valence-electron chi connectivity index (χ4n) is 2.39. The van der Waals surface area contributed by atoms with Crippen LogP contribution in [0.3, 0.4) is 0 Å². The van der Waals surface area contributed by atoms with Gasteiger partial charge in [0.05, 0.1) is 18.7 Å². The fraction of sp³-hybridized carbons (Fsp3) is 0.333. The molecule has 0 fully saturated rings. The number of fused-ring (bicyclic) bond motifs is 1. The summed E-state index contributed by atoms with van der Waals surface area (Å²) in [7, 11) is 1.54. The van der Waals surface area contributed by atoms with Gasteiger partial charge in [-0.05, 0) is 17.7 Å². The number of hydrogen-bond acceptors (Lipinski definition) is 7. The highest BCUT2D eigenvalue weighted by molar-refractivity contribution is 5.87. The summed E-state index contributed by atoms with van der Waals surface area (Å²) in [5, 5.41) is 8.95. The van der Waals surface area contributed by atoms with Crippen LogP contribution < -0.4 is 16.2 Å². The molecule has 0 bridgehead atoms. The molecule has 4 N–H and O–H groups in total. The Morgan fingerprint density at radius 1 is 1.21 bits per heavy atom. The summed E-state index contributed by atoms with van der Waals surface area (Å²) in [6, 6.07) is 6.26. The van der Waals surface area contributed by atoms with Crippen molar-refractivity contribution < 1.29 is 19.4 Å². The Morgan fingerprint density at radius 2 is 1.89 bits per heavy atom. The molecule has 3 aromatic rings. The Balaban J connectivity index is 0.00000136. The number of benzene rings is 1. The number of aromatic nitrogens is 4. The van der Waals surface area contributed by atoms with Gasteiger partial charge < -0.3 is 25.3 Å². The molecule has 2 heterocycles. The van der Waals surface area contributed by atoms with Crippen molar-refractivity contribution in [2.45, 2.75) is 20.4 Å². The smallest absolute Gasteiger partial charge is 0.335 e. The molecule has 0 spiro atoms. The Hall–Kier alpha value is -3.40. The van der Waals surface area contributed by atoms with E-state index in [1.807, 2.05) is 13.8 Å². The van der Waals surface area contributed by atoms with Gasteiger partial charge in [0.25, 0.3) is 0 Å². The minimum absolute atomic E-state index is 0.0426. The van der Waals surface area contributed by atoms with Crippen LogP contribution in [0.2, 0.25) is 0 Å². The molecule has 0 aliphatic carbocycles. The van der Waals surface area contributed by atoms with Crippen LogP contribution in [0.15, 0.2) is 29.1 Å². The molecule has 10 nitrogen and oxygen atoms in total. The van der Waals surface area contributed by atoms with Gasteiger partial charge in [-0.25, -0.2) is 9.59 Å². The van der Waals surface area contributed by atoms with Crippen molar-refractivity contribution in [3.05, 3.63) is 45.9 Å². The molecule has 0 saturated carbocycles. The van der Waals surface area contributed by atoms with Crippen molar-refractivity contribution >= 4 is 23.0 Å². The lowest BCUT2D eigenvalue weighted by atomic mass is 10.1. The topological polar surface area (TPSA) is 145 Å². The number of carboxylic acid groups (broad SMARTS) is 1. The largest absolute Gasteiger partial charge is 0.478 e. The van der Waals surface area contributed by atoms with E-state index in [9.17, 15) is 9.59 Å². The average molecular weight is 389 g/mol. The lowest BCUT2D eigenvalue weighted by Crippen LogP contribution is -2.18. The van der Waals surface area contributed by atoms with Crippen LogP contribution in [-0.2, 0) is 11.3 Å². The normalized spacial score (nSPS) is 10.4. The van der Waals surface area contributed by atoms with E-state index in [2.05, 4.69) is 15.0 Å². The maximum absolute atomic E-state index is 12.3. The third kappa shape index (κ3) is 4.65. The lowest BCUT2D eigenvalue weighted by Gasteiger charge is -2.07. The molecule has 2 aromatic heterocycles. The molecule has 0 aliphatic rings. The molecule has 0 unspecified atom stereocenters. The van der Waals surface area contributed by atoms with Crippen LogP contribution >= 0.6 is 0 Å². The second kappa shape index (κ2) is 9.51. The first-order chi connectivity index (χ1) is 13.5. The Labute approximate surface area is 160 Å². The fourth-order valence-corrected chi connectivity index (χ4v) is 2.39. The lowest BCUT2D eigenvalue weighted by molar-refractivity contribution is 0.0697. The molecule has 0 atom stereocenters. The molecular formula is C18H23N5O5. The molecule has 0 radical (unpaired) electrons. The van der Waals surface area contributed by atoms with Crippen LogP contribution in [0.5, 0.6) is 6.01 Å². The number of methoxy groups -OCH3 is 1. The van der Waals surface area contributed by atoms with E-state index >= 15 is 0 Å². The second-order valence-electron chi connectivity index (χ2n) is 5.45. The summed E-state index contributed by atoms with van der Waals surface area (Å²) in [6.45, 7) is 4.79. The first-order valence-electron chi connectivity index (χ1n) is 8.69. The first-order valence-corrected chi connectivity index (χ1v) is 8.69. The Kier molecular flexibility index (Phi) is 7.10. The second-order valence-corrected chi connectivity index (χ2v) is 5.45. The number of H-pyrrole nitrogens is 1. The summed E-state index contributed by atoms with van der Waals surface area (Å²) >= 11 is 0. The zero-order valence-electron chi connectivity index (χ0n) is 15.9. The monoisotopic (exact) mass is 389 g/mol. The van der Waals surface area contributed by atoms with Crippen molar-refractivity contribution in [1.29, 1.82) is 0 Å². The quantitative estimate of drug-likeness (QED) is 0.515. The number of nitrogen functional groups attached to an aromatic ring is 1. The highest BCUT2D eigenvalue weighted by atomic mass is 16.5. The number of imidazole rings is 1. The summed E-state index contributed by atoms with van der Waals surface area (Å²) < 4.78 is 11.7. The number of aromatic carboxylic acids is 1. The van der Waals surface area contributed by atoms with Crippen molar-refractivity contribution in [3.8, 4) is 6.01 Å². The SMILES string of the molecule is CC.COCCOc1nc(N)c2[nH]c(=O)n(Cc3ccc(C(=O)O)cc3)c2n1. The highest BCUT2D eigenvalue weighted by Crippen LogP contribution is 2.18. The first kappa shape index (κ1) is 20.9. The number of nitrogens with one attached hydrogen (secondary N) is 1. The molecular weight excluding hydrogens is 366 g/mol. The van der Waals surface area contributed by atoms with E-state index in [1.165, 1.54) is 16.7 Å². The predicted molar refractivity (Wildman–Crippen MR) is 104 cm³/mol. The minimum Gasteiger partial charge on any atom is -0.478 e. The number of aromatic amines is 1. The third-order valence-electron chi connectivity index (χ3n) is 3.69. The van der Waals surface area contributed by atoms with E-state index in [1.54, 1.807) is 19.2 Å². The van der Waals surface area contributed by atoms with Gasteiger partial charge >= 0.3 is 17.7 Å². The minimum atomic E-state index is -1.01. The highest BCUT2D eigenvalue weighted by Gasteiger charge is 2.15.